The van der Waals surface area contributed by atoms with Gasteiger partial charge < -0.3 is 20.9 Å². The van der Waals surface area contributed by atoms with Gasteiger partial charge in [-0.05, 0) is 44.0 Å². The predicted molar refractivity (Wildman–Crippen MR) is 101 cm³/mol. The summed E-state index contributed by atoms with van der Waals surface area (Å²) in [6.45, 7) is 6.68. The molecule has 2 heterocycles. The van der Waals surface area contributed by atoms with E-state index in [-0.39, 0.29) is 17.7 Å². The highest BCUT2D eigenvalue weighted by atomic mass is 16.2. The zero-order valence-electron chi connectivity index (χ0n) is 17.3. The fraction of sp³-hybridized carbons (Fsp3) is 0.706. The van der Waals surface area contributed by atoms with Crippen LogP contribution in [-0.4, -0.2) is 74.4 Å². The third-order valence-electron chi connectivity index (χ3n) is 4.89. The van der Waals surface area contributed by atoms with Gasteiger partial charge in [0.05, 0.1) is 6.04 Å². The van der Waals surface area contributed by atoms with Crippen molar-refractivity contribution in [3.05, 3.63) is 5.82 Å². The predicted octanol–water partition coefficient (Wildman–Crippen LogP) is -1.33. The summed E-state index contributed by atoms with van der Waals surface area (Å²) in [6, 6.07) is -2.57. The average molecular weight is 408 g/mol. The maximum Gasteiger partial charge on any atom is 0.245 e. The van der Waals surface area contributed by atoms with Crippen LogP contribution in [0, 0.1) is 0 Å². The van der Waals surface area contributed by atoms with Crippen LogP contribution in [0.3, 0.4) is 0 Å². The monoisotopic (exact) mass is 408 g/mol. The maximum absolute atomic E-state index is 12.8. The van der Waals surface area contributed by atoms with Crippen LogP contribution in [0.15, 0.2) is 0 Å². The Balaban J connectivity index is 2.17. The third-order valence-corrected chi connectivity index (χ3v) is 4.89. The van der Waals surface area contributed by atoms with Crippen molar-refractivity contribution >= 4 is 23.6 Å². The van der Waals surface area contributed by atoms with Crippen molar-refractivity contribution in [2.75, 3.05) is 13.6 Å². The Labute approximate surface area is 168 Å². The summed E-state index contributed by atoms with van der Waals surface area (Å²) in [4.78, 5) is 49.9. The van der Waals surface area contributed by atoms with Crippen LogP contribution in [0.1, 0.15) is 58.4 Å². The van der Waals surface area contributed by atoms with E-state index in [0.717, 1.165) is 6.42 Å². The number of hydrogen-bond acceptors (Lipinski definition) is 7. The fourth-order valence-electron chi connectivity index (χ4n) is 3.34. The Hall–Kier alpha value is -3.05. The van der Waals surface area contributed by atoms with Crippen molar-refractivity contribution in [1.82, 2.24) is 41.1 Å². The fourth-order valence-corrected chi connectivity index (χ4v) is 3.34. The number of nitrogens with zero attached hydrogens (tertiary/aromatic N) is 5. The van der Waals surface area contributed by atoms with Gasteiger partial charge in [0, 0.05) is 20.5 Å². The van der Waals surface area contributed by atoms with Crippen LogP contribution in [0.2, 0.25) is 0 Å². The van der Waals surface area contributed by atoms with Gasteiger partial charge in [0.1, 0.15) is 18.1 Å². The van der Waals surface area contributed by atoms with Crippen molar-refractivity contribution in [2.45, 2.75) is 64.7 Å². The van der Waals surface area contributed by atoms with Crippen LogP contribution in [0.4, 0.5) is 0 Å². The van der Waals surface area contributed by atoms with E-state index in [1.54, 1.807) is 25.7 Å². The molecule has 0 aliphatic carbocycles. The molecule has 1 saturated heterocycles. The summed E-state index contributed by atoms with van der Waals surface area (Å²) in [7, 11) is 1.49. The van der Waals surface area contributed by atoms with Crippen molar-refractivity contribution in [3.63, 3.8) is 0 Å². The van der Waals surface area contributed by atoms with Gasteiger partial charge in [-0.1, -0.05) is 0 Å². The van der Waals surface area contributed by atoms with Crippen LogP contribution in [0.25, 0.3) is 0 Å². The molecule has 12 heteroatoms. The molecule has 160 valence electrons. The van der Waals surface area contributed by atoms with E-state index in [0.29, 0.717) is 18.8 Å². The highest BCUT2D eigenvalue weighted by Gasteiger charge is 2.37. The number of aromatic nitrogens is 4. The minimum Gasteiger partial charge on any atom is -0.357 e. The molecule has 3 N–H and O–H groups in total. The van der Waals surface area contributed by atoms with Crippen LogP contribution < -0.4 is 16.0 Å². The van der Waals surface area contributed by atoms with Gasteiger partial charge in [0.2, 0.25) is 23.6 Å². The Kier molecular flexibility index (Phi) is 7.23. The zero-order valence-corrected chi connectivity index (χ0v) is 17.3. The number of rotatable bonds is 7. The number of tetrazole rings is 1. The molecule has 4 amide bonds. The lowest BCUT2D eigenvalue weighted by molar-refractivity contribution is -0.136. The second-order valence-electron chi connectivity index (χ2n) is 7.11. The van der Waals surface area contributed by atoms with E-state index in [1.165, 1.54) is 18.7 Å². The Bertz CT molecular complexity index is 779. The number of carbonyl (C=O) groups is 4. The summed E-state index contributed by atoms with van der Waals surface area (Å²) in [5.74, 6) is -0.871. The molecule has 0 saturated carbocycles. The lowest BCUT2D eigenvalue weighted by atomic mass is 10.1. The molecule has 1 fully saturated rings. The van der Waals surface area contributed by atoms with Gasteiger partial charge in [0.15, 0.2) is 5.82 Å². The summed E-state index contributed by atoms with van der Waals surface area (Å²) in [6.07, 6.45) is 1.40. The lowest BCUT2D eigenvalue weighted by Crippen LogP contribution is -2.47. The smallest absolute Gasteiger partial charge is 0.245 e. The summed E-state index contributed by atoms with van der Waals surface area (Å²) in [5.41, 5.74) is 0. The Morgan fingerprint density at radius 3 is 2.38 bits per heavy atom. The van der Waals surface area contributed by atoms with Gasteiger partial charge in [-0.2, -0.15) is 0 Å². The molecule has 1 unspecified atom stereocenters. The van der Waals surface area contributed by atoms with E-state index in [9.17, 15) is 19.2 Å². The molecular formula is C17H28N8O4. The first-order valence-corrected chi connectivity index (χ1v) is 9.54. The first-order chi connectivity index (χ1) is 13.7. The molecule has 0 aromatic carbocycles. The maximum atomic E-state index is 12.8. The van der Waals surface area contributed by atoms with Gasteiger partial charge >= 0.3 is 0 Å². The van der Waals surface area contributed by atoms with Crippen LogP contribution in [0.5, 0.6) is 0 Å². The highest BCUT2D eigenvalue weighted by Crippen LogP contribution is 2.31. The molecule has 0 bridgehead atoms. The van der Waals surface area contributed by atoms with Crippen LogP contribution >= 0.6 is 0 Å². The van der Waals surface area contributed by atoms with Gasteiger partial charge in [0.25, 0.3) is 0 Å². The Morgan fingerprint density at radius 1 is 1.07 bits per heavy atom. The molecule has 1 aromatic rings. The van der Waals surface area contributed by atoms with Gasteiger partial charge in [-0.25, -0.2) is 4.68 Å². The van der Waals surface area contributed by atoms with E-state index in [2.05, 4.69) is 31.5 Å². The number of hydrogen-bond donors (Lipinski definition) is 3. The summed E-state index contributed by atoms with van der Waals surface area (Å²) in [5, 5.41) is 19.3. The molecule has 1 aliphatic heterocycles. The van der Waals surface area contributed by atoms with Crippen LogP contribution in [-0.2, 0) is 19.2 Å². The normalized spacial score (nSPS) is 19.2. The van der Waals surface area contributed by atoms with E-state index in [1.807, 2.05) is 0 Å². The van der Waals surface area contributed by atoms with Gasteiger partial charge in [-0.15, -0.1) is 5.10 Å². The second-order valence-corrected chi connectivity index (χ2v) is 7.11. The van der Waals surface area contributed by atoms with Crippen molar-refractivity contribution in [1.29, 1.82) is 0 Å². The summed E-state index contributed by atoms with van der Waals surface area (Å²) >= 11 is 0. The molecule has 0 radical (unpaired) electrons. The molecule has 4 atom stereocenters. The molecular weight excluding hydrogens is 380 g/mol. The average Bonchev–Trinajstić information content (AvgIpc) is 3.33. The summed E-state index contributed by atoms with van der Waals surface area (Å²) < 4.78 is 1.37. The molecule has 2 rings (SSSR count). The molecule has 1 aliphatic rings. The zero-order chi connectivity index (χ0) is 21.7. The lowest BCUT2D eigenvalue weighted by Gasteiger charge is -2.27. The van der Waals surface area contributed by atoms with E-state index < -0.39 is 30.1 Å². The largest absolute Gasteiger partial charge is 0.357 e. The molecule has 12 nitrogen and oxygen atoms in total. The highest BCUT2D eigenvalue weighted by molar-refractivity contribution is 5.88. The minimum absolute atomic E-state index is 0.234. The quantitative estimate of drug-likeness (QED) is 0.506. The third kappa shape index (κ3) is 5.06. The first kappa shape index (κ1) is 22.2. The molecule has 29 heavy (non-hydrogen) atoms. The number of nitrogens with one attached hydrogen (secondary N) is 3. The topological polar surface area (TPSA) is 151 Å². The Morgan fingerprint density at radius 2 is 1.76 bits per heavy atom. The van der Waals surface area contributed by atoms with Gasteiger partial charge in [-0.3, -0.25) is 19.2 Å². The molecule has 0 spiro atoms. The minimum atomic E-state index is -0.780. The number of amides is 4. The number of carbonyl (C=O) groups excluding carboxylic acids is 4. The van der Waals surface area contributed by atoms with Crippen molar-refractivity contribution in [3.8, 4) is 0 Å². The standard InChI is InChI=1S/C17H28N8O4/c1-9(15(27)18-5)20-16(28)11(3)25-14(21-22-23-25)13-7-6-8-24(13)17(29)10(2)19-12(4)26/h9-11,13H,6-8H2,1-5H3,(H,18,27)(H,19,26)(H,20,28)/t9-,10-,11-,13?/m0/s1. The van der Waals surface area contributed by atoms with E-state index >= 15 is 0 Å². The number of likely N-dealkylation sites (tertiary alicyclic amines) is 1. The van der Waals surface area contributed by atoms with Crippen molar-refractivity contribution in [2.24, 2.45) is 0 Å². The SMILES string of the molecule is CNC(=O)[C@H](C)NC(=O)[C@H](C)n1nnnc1C1CCCN1C(=O)[C@H](C)NC(C)=O. The second kappa shape index (κ2) is 9.43. The van der Waals surface area contributed by atoms with Crippen molar-refractivity contribution < 1.29 is 19.2 Å². The van der Waals surface area contributed by atoms with E-state index in [4.69, 9.17) is 0 Å². The molecule has 1 aromatic heterocycles. The number of likely N-dealkylation sites (N-methyl/N-ethyl adjacent to an activating group) is 1. The first-order valence-electron chi connectivity index (χ1n) is 9.54.